The lowest BCUT2D eigenvalue weighted by Crippen LogP contribution is -1.97. The zero-order chi connectivity index (χ0) is 12.1. The van der Waals surface area contributed by atoms with Crippen LogP contribution >= 0.6 is 0 Å². The van der Waals surface area contributed by atoms with Crippen molar-refractivity contribution < 1.29 is 14.3 Å². The Labute approximate surface area is 97.1 Å². The fraction of sp³-hybridized carbons (Fsp3) is 0. The lowest BCUT2D eigenvalue weighted by atomic mass is 10.2. The van der Waals surface area contributed by atoms with E-state index < -0.39 is 11.9 Å². The first kappa shape index (κ1) is 10.9. The van der Waals surface area contributed by atoms with Crippen LogP contribution in [0.5, 0.6) is 0 Å². The average Bonchev–Trinajstić information content (AvgIpc) is 2.69. The first-order valence-corrected chi connectivity index (χ1v) is 4.85. The highest BCUT2D eigenvalue weighted by Crippen LogP contribution is 2.15. The molecule has 0 atom stereocenters. The summed E-state index contributed by atoms with van der Waals surface area (Å²) in [7, 11) is 0. The smallest absolute Gasteiger partial charge is 0.365 e. The van der Waals surface area contributed by atoms with Gasteiger partial charge in [0.25, 0.3) is 0 Å². The molecule has 0 aromatic carbocycles. The summed E-state index contributed by atoms with van der Waals surface area (Å²) in [6.07, 6.45) is 4.94. The third kappa shape index (κ3) is 2.52. The molecule has 2 aromatic heterocycles. The van der Waals surface area contributed by atoms with Crippen LogP contribution in [0.15, 0.2) is 48.9 Å². The summed E-state index contributed by atoms with van der Waals surface area (Å²) in [4.78, 5) is 29.0. The Morgan fingerprint density at radius 1 is 0.882 bits per heavy atom. The van der Waals surface area contributed by atoms with Crippen LogP contribution in [0.4, 0.5) is 0 Å². The maximum absolute atomic E-state index is 10.8. The quantitative estimate of drug-likeness (QED) is 0.504. The molecule has 0 spiro atoms. The molecule has 0 unspecified atom stereocenters. The fourth-order valence-electron chi connectivity index (χ4n) is 1.23. The van der Waals surface area contributed by atoms with E-state index in [1.165, 1.54) is 12.3 Å². The number of nitrogens with zero attached hydrogens (tertiary/aromatic N) is 2. The number of esters is 2. The summed E-state index contributed by atoms with van der Waals surface area (Å²) in [5.41, 5.74) is 0.356. The Morgan fingerprint density at radius 2 is 1.65 bits per heavy atom. The van der Waals surface area contributed by atoms with Crippen molar-refractivity contribution in [2.45, 2.75) is 0 Å². The standard InChI is InChI=1S/C7H3NO3.C5H5N/c9-6-4-2-1-3-8-5(4)7(10)11-6;1-2-4-6-5-3-1/h1-3H;1-5H. The van der Waals surface area contributed by atoms with Gasteiger partial charge in [0, 0.05) is 18.6 Å². The lowest BCUT2D eigenvalue weighted by Gasteiger charge is -1.85. The molecule has 84 valence electrons. The Morgan fingerprint density at radius 3 is 2.18 bits per heavy atom. The number of hydrogen-bond donors (Lipinski definition) is 0. The van der Waals surface area contributed by atoms with Gasteiger partial charge in [0.1, 0.15) is 0 Å². The molecule has 17 heavy (non-hydrogen) atoms. The summed E-state index contributed by atoms with van der Waals surface area (Å²) in [5.74, 6) is -1.27. The Balaban J connectivity index is 0.000000153. The Bertz CT molecular complexity index is 481. The van der Waals surface area contributed by atoms with E-state index in [0.29, 0.717) is 0 Å². The molecule has 2 aromatic rings. The van der Waals surface area contributed by atoms with Crippen LogP contribution < -0.4 is 0 Å². The molecule has 5 nitrogen and oxygen atoms in total. The lowest BCUT2D eigenvalue weighted by molar-refractivity contribution is 0.0441. The van der Waals surface area contributed by atoms with Crippen molar-refractivity contribution in [2.24, 2.45) is 0 Å². The highest BCUT2D eigenvalue weighted by atomic mass is 16.6. The van der Waals surface area contributed by atoms with Crippen LogP contribution in [-0.2, 0) is 4.74 Å². The number of aromatic nitrogens is 2. The van der Waals surface area contributed by atoms with Crippen molar-refractivity contribution >= 4 is 11.9 Å². The molecule has 0 radical (unpaired) electrons. The number of carbonyl (C=O) groups is 2. The number of carbonyl (C=O) groups excluding carboxylic acids is 2. The number of rotatable bonds is 0. The minimum absolute atomic E-state index is 0.109. The van der Waals surface area contributed by atoms with Gasteiger partial charge in [-0.2, -0.15) is 0 Å². The number of ether oxygens (including phenoxy) is 1. The van der Waals surface area contributed by atoms with Gasteiger partial charge in [0.05, 0.1) is 5.56 Å². The topological polar surface area (TPSA) is 69.2 Å². The minimum atomic E-state index is -0.661. The predicted molar refractivity (Wildman–Crippen MR) is 58.2 cm³/mol. The summed E-state index contributed by atoms with van der Waals surface area (Å²) in [5, 5.41) is 0. The van der Waals surface area contributed by atoms with Gasteiger partial charge in [0.15, 0.2) is 5.69 Å². The van der Waals surface area contributed by atoms with Crippen LogP contribution in [0.3, 0.4) is 0 Å². The van der Waals surface area contributed by atoms with E-state index in [9.17, 15) is 9.59 Å². The summed E-state index contributed by atoms with van der Waals surface area (Å²) >= 11 is 0. The van der Waals surface area contributed by atoms with Gasteiger partial charge in [-0.3, -0.25) is 4.98 Å². The van der Waals surface area contributed by atoms with Gasteiger partial charge in [-0.1, -0.05) is 6.07 Å². The normalized spacial score (nSPS) is 12.2. The molecule has 0 saturated heterocycles. The molecular weight excluding hydrogens is 220 g/mol. The molecule has 0 saturated carbocycles. The summed E-state index contributed by atoms with van der Waals surface area (Å²) in [6.45, 7) is 0. The van der Waals surface area contributed by atoms with E-state index in [4.69, 9.17) is 0 Å². The number of cyclic esters (lactones) is 2. The van der Waals surface area contributed by atoms with Crippen molar-refractivity contribution in [3.63, 3.8) is 0 Å². The number of pyridine rings is 2. The Kier molecular flexibility index (Phi) is 3.20. The Hall–Kier alpha value is -2.56. The van der Waals surface area contributed by atoms with Crippen molar-refractivity contribution in [3.8, 4) is 0 Å². The maximum Gasteiger partial charge on any atom is 0.365 e. The van der Waals surface area contributed by atoms with E-state index in [2.05, 4.69) is 14.7 Å². The van der Waals surface area contributed by atoms with E-state index in [1.807, 2.05) is 18.2 Å². The molecule has 0 bridgehead atoms. The van der Waals surface area contributed by atoms with Crippen LogP contribution in [0, 0.1) is 0 Å². The highest BCUT2D eigenvalue weighted by Gasteiger charge is 2.30. The second-order valence-corrected chi connectivity index (χ2v) is 3.10. The molecule has 3 rings (SSSR count). The van der Waals surface area contributed by atoms with E-state index in [1.54, 1.807) is 18.5 Å². The van der Waals surface area contributed by atoms with E-state index in [-0.39, 0.29) is 11.3 Å². The van der Waals surface area contributed by atoms with Crippen molar-refractivity contribution in [1.29, 1.82) is 0 Å². The molecule has 0 fully saturated rings. The molecule has 0 amide bonds. The molecule has 1 aliphatic rings. The molecule has 1 aliphatic heterocycles. The molecule has 3 heterocycles. The molecule has 0 N–H and O–H groups in total. The minimum Gasteiger partial charge on any atom is -0.384 e. The first-order chi connectivity index (χ1) is 8.29. The first-order valence-electron chi connectivity index (χ1n) is 4.85. The molecule has 0 aliphatic carbocycles. The van der Waals surface area contributed by atoms with Gasteiger partial charge < -0.3 is 4.74 Å². The van der Waals surface area contributed by atoms with Gasteiger partial charge >= 0.3 is 11.9 Å². The second-order valence-electron chi connectivity index (χ2n) is 3.10. The second kappa shape index (κ2) is 4.98. The third-order valence-corrected chi connectivity index (χ3v) is 1.97. The van der Waals surface area contributed by atoms with Crippen LogP contribution in [0.25, 0.3) is 0 Å². The van der Waals surface area contributed by atoms with Crippen LogP contribution in [0.1, 0.15) is 20.8 Å². The molecular formula is C12H8N2O3. The van der Waals surface area contributed by atoms with Gasteiger partial charge in [-0.25, -0.2) is 14.6 Å². The number of hydrogen-bond acceptors (Lipinski definition) is 5. The summed E-state index contributed by atoms with van der Waals surface area (Å²) in [6, 6.07) is 8.81. The van der Waals surface area contributed by atoms with E-state index in [0.717, 1.165) is 0 Å². The van der Waals surface area contributed by atoms with Crippen LogP contribution in [-0.4, -0.2) is 21.9 Å². The number of fused-ring (bicyclic) bond motifs is 1. The van der Waals surface area contributed by atoms with E-state index >= 15 is 0 Å². The fourth-order valence-corrected chi connectivity index (χ4v) is 1.23. The van der Waals surface area contributed by atoms with Crippen LogP contribution in [0.2, 0.25) is 0 Å². The van der Waals surface area contributed by atoms with Gasteiger partial charge in [-0.05, 0) is 24.3 Å². The van der Waals surface area contributed by atoms with Crippen molar-refractivity contribution in [3.05, 3.63) is 60.2 Å². The summed E-state index contributed by atoms with van der Waals surface area (Å²) < 4.78 is 4.29. The SMILES string of the molecule is O=C1OC(=O)c2ncccc21.c1ccncc1. The third-order valence-electron chi connectivity index (χ3n) is 1.97. The molecule has 5 heteroatoms. The predicted octanol–water partition coefficient (Wildman–Crippen LogP) is 1.47. The maximum atomic E-state index is 10.8. The monoisotopic (exact) mass is 228 g/mol. The zero-order valence-electron chi connectivity index (χ0n) is 8.74. The zero-order valence-corrected chi connectivity index (χ0v) is 8.74. The van der Waals surface area contributed by atoms with Gasteiger partial charge in [0.2, 0.25) is 0 Å². The van der Waals surface area contributed by atoms with Crippen molar-refractivity contribution in [1.82, 2.24) is 9.97 Å². The average molecular weight is 228 g/mol. The highest BCUT2D eigenvalue weighted by molar-refractivity contribution is 6.13. The van der Waals surface area contributed by atoms with Gasteiger partial charge in [-0.15, -0.1) is 0 Å². The van der Waals surface area contributed by atoms with Crippen molar-refractivity contribution in [2.75, 3.05) is 0 Å². The largest absolute Gasteiger partial charge is 0.384 e.